The fourth-order valence-corrected chi connectivity index (χ4v) is 2.97. The van der Waals surface area contributed by atoms with E-state index in [1.54, 1.807) is 0 Å². The molecule has 0 bridgehead atoms. The molecule has 2 aromatic rings. The zero-order chi connectivity index (χ0) is 16.4. The van der Waals surface area contributed by atoms with Crippen LogP contribution in [0.15, 0.2) is 42.5 Å². The maximum absolute atomic E-state index is 12.5. The predicted molar refractivity (Wildman–Crippen MR) is 93.4 cm³/mol. The molecule has 120 valence electrons. The summed E-state index contributed by atoms with van der Waals surface area (Å²) in [4.78, 5) is 12.5. The van der Waals surface area contributed by atoms with E-state index in [1.807, 2.05) is 25.1 Å². The van der Waals surface area contributed by atoms with Gasteiger partial charge in [-0.2, -0.15) is 0 Å². The highest BCUT2D eigenvalue weighted by molar-refractivity contribution is 5.94. The average Bonchev–Trinajstić information content (AvgIpc) is 3.02. The topological polar surface area (TPSA) is 41.1 Å². The molecule has 3 heteroatoms. The number of nitrogens with one attached hydrogen (secondary N) is 2. The minimum absolute atomic E-state index is 0.00454. The van der Waals surface area contributed by atoms with Gasteiger partial charge in [0.25, 0.3) is 5.91 Å². The standard InChI is InChI=1S/C20H24N2O/c1-13(2)15-4-6-16(7-5-15)14(3)22-20(23)17-8-9-18-11-21-12-19(18)10-17/h4-10,13-14,21H,11-12H2,1-3H3,(H,22,23). The molecule has 1 aliphatic heterocycles. The van der Waals surface area contributed by atoms with Crippen molar-refractivity contribution in [1.82, 2.24) is 10.6 Å². The van der Waals surface area contributed by atoms with E-state index in [4.69, 9.17) is 0 Å². The van der Waals surface area contributed by atoms with Crippen LogP contribution in [0.25, 0.3) is 0 Å². The van der Waals surface area contributed by atoms with Crippen molar-refractivity contribution in [2.24, 2.45) is 0 Å². The maximum atomic E-state index is 12.5. The summed E-state index contributed by atoms with van der Waals surface area (Å²) >= 11 is 0. The van der Waals surface area contributed by atoms with Gasteiger partial charge in [0.1, 0.15) is 0 Å². The van der Waals surface area contributed by atoms with E-state index in [1.165, 1.54) is 16.7 Å². The predicted octanol–water partition coefficient (Wildman–Crippen LogP) is 3.90. The molecule has 0 radical (unpaired) electrons. The molecule has 1 atom stereocenters. The average molecular weight is 308 g/mol. The third-order valence-corrected chi connectivity index (χ3v) is 4.55. The first-order valence-corrected chi connectivity index (χ1v) is 8.28. The van der Waals surface area contributed by atoms with Crippen LogP contribution in [0, 0.1) is 0 Å². The van der Waals surface area contributed by atoms with Crippen molar-refractivity contribution in [3.63, 3.8) is 0 Å². The quantitative estimate of drug-likeness (QED) is 0.899. The van der Waals surface area contributed by atoms with Crippen LogP contribution in [-0.2, 0) is 13.1 Å². The molecule has 0 saturated carbocycles. The van der Waals surface area contributed by atoms with Crippen molar-refractivity contribution in [2.75, 3.05) is 0 Å². The van der Waals surface area contributed by atoms with Gasteiger partial charge in [-0.15, -0.1) is 0 Å². The van der Waals surface area contributed by atoms with Crippen LogP contribution in [0.2, 0.25) is 0 Å². The summed E-state index contributed by atoms with van der Waals surface area (Å²) in [6.45, 7) is 8.14. The molecule has 0 aromatic heterocycles. The normalized spacial score (nSPS) is 14.6. The van der Waals surface area contributed by atoms with Gasteiger partial charge < -0.3 is 10.6 Å². The molecule has 2 N–H and O–H groups in total. The van der Waals surface area contributed by atoms with E-state index in [2.05, 4.69) is 48.7 Å². The van der Waals surface area contributed by atoms with Crippen LogP contribution in [0.5, 0.6) is 0 Å². The summed E-state index contributed by atoms with van der Waals surface area (Å²) in [6, 6.07) is 14.4. The lowest BCUT2D eigenvalue weighted by Gasteiger charge is -2.16. The summed E-state index contributed by atoms with van der Waals surface area (Å²) in [6.07, 6.45) is 0. The lowest BCUT2D eigenvalue weighted by molar-refractivity contribution is 0.0940. The zero-order valence-corrected chi connectivity index (χ0v) is 14.0. The molecule has 2 aromatic carbocycles. The smallest absolute Gasteiger partial charge is 0.251 e. The Balaban J connectivity index is 1.69. The number of carbonyl (C=O) groups is 1. The Hall–Kier alpha value is -2.13. The van der Waals surface area contributed by atoms with Crippen LogP contribution in [0.4, 0.5) is 0 Å². The van der Waals surface area contributed by atoms with Gasteiger partial charge in [0.15, 0.2) is 0 Å². The summed E-state index contributed by atoms with van der Waals surface area (Å²) in [5.74, 6) is 0.508. The van der Waals surface area contributed by atoms with Crippen molar-refractivity contribution >= 4 is 5.91 Å². The van der Waals surface area contributed by atoms with E-state index >= 15 is 0 Å². The summed E-state index contributed by atoms with van der Waals surface area (Å²) < 4.78 is 0. The Kier molecular flexibility index (Phi) is 4.49. The third-order valence-electron chi connectivity index (χ3n) is 4.55. The lowest BCUT2D eigenvalue weighted by atomic mass is 9.99. The largest absolute Gasteiger partial charge is 0.346 e. The van der Waals surface area contributed by atoms with Crippen molar-refractivity contribution in [2.45, 2.75) is 45.8 Å². The van der Waals surface area contributed by atoms with Gasteiger partial charge in [-0.25, -0.2) is 0 Å². The Bertz CT molecular complexity index is 704. The van der Waals surface area contributed by atoms with Crippen LogP contribution >= 0.6 is 0 Å². The second kappa shape index (κ2) is 6.55. The van der Waals surface area contributed by atoms with Gasteiger partial charge in [0.2, 0.25) is 0 Å². The number of benzene rings is 2. The van der Waals surface area contributed by atoms with Crippen molar-refractivity contribution < 1.29 is 4.79 Å². The fourth-order valence-electron chi connectivity index (χ4n) is 2.97. The molecule has 0 fully saturated rings. The van der Waals surface area contributed by atoms with Gasteiger partial charge in [-0.3, -0.25) is 4.79 Å². The van der Waals surface area contributed by atoms with Crippen LogP contribution < -0.4 is 10.6 Å². The molecule has 1 unspecified atom stereocenters. The second-order valence-electron chi connectivity index (χ2n) is 6.60. The second-order valence-corrected chi connectivity index (χ2v) is 6.60. The molecule has 3 rings (SSSR count). The Morgan fingerprint density at radius 1 is 0.957 bits per heavy atom. The molecule has 1 heterocycles. The van der Waals surface area contributed by atoms with E-state index in [0.29, 0.717) is 5.92 Å². The fraction of sp³-hybridized carbons (Fsp3) is 0.350. The first-order chi connectivity index (χ1) is 11.0. The highest BCUT2D eigenvalue weighted by Crippen LogP contribution is 2.20. The summed E-state index contributed by atoms with van der Waals surface area (Å²) in [7, 11) is 0. The molecule has 0 spiro atoms. The monoisotopic (exact) mass is 308 g/mol. The first kappa shape index (κ1) is 15.8. The molecule has 1 aliphatic rings. The highest BCUT2D eigenvalue weighted by atomic mass is 16.1. The van der Waals surface area contributed by atoms with E-state index in [9.17, 15) is 4.79 Å². The number of rotatable bonds is 4. The van der Waals surface area contributed by atoms with Gasteiger partial charge in [0.05, 0.1) is 6.04 Å². The van der Waals surface area contributed by atoms with E-state index in [-0.39, 0.29) is 11.9 Å². The molecule has 1 amide bonds. The van der Waals surface area contributed by atoms with Gasteiger partial charge >= 0.3 is 0 Å². The maximum Gasteiger partial charge on any atom is 0.251 e. The van der Waals surface area contributed by atoms with Crippen molar-refractivity contribution in [3.8, 4) is 0 Å². The first-order valence-electron chi connectivity index (χ1n) is 8.28. The zero-order valence-electron chi connectivity index (χ0n) is 14.0. The summed E-state index contributed by atoms with van der Waals surface area (Å²) in [5, 5.41) is 6.40. The molecular weight excluding hydrogens is 284 g/mol. The van der Waals surface area contributed by atoms with Crippen LogP contribution in [0.1, 0.15) is 65.3 Å². The van der Waals surface area contributed by atoms with Crippen LogP contribution in [0.3, 0.4) is 0 Å². The van der Waals surface area contributed by atoms with Gasteiger partial charge in [-0.1, -0.05) is 44.2 Å². The van der Waals surface area contributed by atoms with E-state index in [0.717, 1.165) is 24.2 Å². The number of hydrogen-bond acceptors (Lipinski definition) is 2. The van der Waals surface area contributed by atoms with Gasteiger partial charge in [0, 0.05) is 18.7 Å². The SMILES string of the molecule is CC(C)c1ccc(C(C)NC(=O)c2ccc3c(c2)CNC3)cc1. The number of amides is 1. The number of fused-ring (bicyclic) bond motifs is 1. The van der Waals surface area contributed by atoms with Crippen molar-refractivity contribution in [1.29, 1.82) is 0 Å². The van der Waals surface area contributed by atoms with Crippen LogP contribution in [-0.4, -0.2) is 5.91 Å². The lowest BCUT2D eigenvalue weighted by Crippen LogP contribution is -2.26. The minimum Gasteiger partial charge on any atom is -0.346 e. The summed E-state index contributed by atoms with van der Waals surface area (Å²) in [5.41, 5.74) is 5.70. The highest BCUT2D eigenvalue weighted by Gasteiger charge is 2.15. The van der Waals surface area contributed by atoms with E-state index < -0.39 is 0 Å². The molecule has 0 saturated heterocycles. The third kappa shape index (κ3) is 3.45. The number of hydrogen-bond donors (Lipinski definition) is 2. The van der Waals surface area contributed by atoms with Gasteiger partial charge in [-0.05, 0) is 47.2 Å². The molecule has 0 aliphatic carbocycles. The minimum atomic E-state index is -0.0138. The van der Waals surface area contributed by atoms with Crippen molar-refractivity contribution in [3.05, 3.63) is 70.3 Å². The Morgan fingerprint density at radius 2 is 1.61 bits per heavy atom. The Morgan fingerprint density at radius 3 is 2.30 bits per heavy atom. The molecule has 3 nitrogen and oxygen atoms in total. The Labute approximate surface area is 138 Å². The molecular formula is C20H24N2O. The number of carbonyl (C=O) groups excluding carboxylic acids is 1. The molecule has 23 heavy (non-hydrogen) atoms.